The molecule has 0 bridgehead atoms. The smallest absolute Gasteiger partial charge is 0.253 e. The van der Waals surface area contributed by atoms with Crippen LogP contribution in [-0.4, -0.2) is 49.0 Å². The molecule has 0 aliphatic rings. The van der Waals surface area contributed by atoms with E-state index in [1.807, 2.05) is 36.4 Å². The molecule has 0 radical (unpaired) electrons. The van der Waals surface area contributed by atoms with E-state index in [9.17, 15) is 4.79 Å². The minimum atomic E-state index is -0.00344. The summed E-state index contributed by atoms with van der Waals surface area (Å²) < 4.78 is 5.93. The molecule has 0 saturated carbocycles. The van der Waals surface area contributed by atoms with E-state index in [2.05, 4.69) is 41.4 Å². The highest BCUT2D eigenvalue weighted by Crippen LogP contribution is 2.15. The number of hydrogen-bond donors (Lipinski definition) is 2. The molecule has 1 amide bonds. The van der Waals surface area contributed by atoms with Crippen LogP contribution >= 0.6 is 0 Å². The number of nitrogens with one attached hydrogen (secondary N) is 2. The van der Waals surface area contributed by atoms with Gasteiger partial charge in [0.05, 0.1) is 6.10 Å². The number of rotatable bonds is 9. The number of pyridine rings is 1. The summed E-state index contributed by atoms with van der Waals surface area (Å²) in [6, 6.07) is 11.5. The van der Waals surface area contributed by atoms with Gasteiger partial charge >= 0.3 is 0 Å². The molecule has 1 aromatic carbocycles. The Bertz CT molecular complexity index is 863. The van der Waals surface area contributed by atoms with Gasteiger partial charge in [-0.3, -0.25) is 9.79 Å². The van der Waals surface area contributed by atoms with Crippen molar-refractivity contribution in [1.29, 1.82) is 0 Å². The highest BCUT2D eigenvalue weighted by Gasteiger charge is 2.09. The van der Waals surface area contributed by atoms with Gasteiger partial charge in [0.15, 0.2) is 5.96 Å². The van der Waals surface area contributed by atoms with Crippen LogP contribution in [-0.2, 0) is 13.1 Å². The lowest BCUT2D eigenvalue weighted by atomic mass is 10.1. The Balaban J connectivity index is 1.86. The van der Waals surface area contributed by atoms with Gasteiger partial charge in [-0.1, -0.05) is 26.0 Å². The van der Waals surface area contributed by atoms with Crippen molar-refractivity contribution in [3.05, 3.63) is 59.3 Å². The van der Waals surface area contributed by atoms with Crippen molar-refractivity contribution in [3.63, 3.8) is 0 Å². The van der Waals surface area contributed by atoms with Crippen LogP contribution in [0, 0.1) is 5.92 Å². The zero-order valence-electron chi connectivity index (χ0n) is 19.5. The van der Waals surface area contributed by atoms with Gasteiger partial charge in [0.25, 0.3) is 5.91 Å². The van der Waals surface area contributed by atoms with Crippen LogP contribution in [0.3, 0.4) is 0 Å². The van der Waals surface area contributed by atoms with Crippen molar-refractivity contribution < 1.29 is 9.53 Å². The Hall–Kier alpha value is -3.09. The zero-order valence-corrected chi connectivity index (χ0v) is 19.5. The molecule has 0 aliphatic carbocycles. The summed E-state index contributed by atoms with van der Waals surface area (Å²) in [7, 11) is 5.23. The van der Waals surface area contributed by atoms with Crippen LogP contribution < -0.4 is 15.4 Å². The number of amides is 1. The molecule has 1 atom stereocenters. The second-order valence-electron chi connectivity index (χ2n) is 8.24. The fourth-order valence-electron chi connectivity index (χ4n) is 3.16. The van der Waals surface area contributed by atoms with Gasteiger partial charge in [0, 0.05) is 52.1 Å². The van der Waals surface area contributed by atoms with Gasteiger partial charge in [-0.25, -0.2) is 4.98 Å². The summed E-state index contributed by atoms with van der Waals surface area (Å²) >= 11 is 0. The first-order valence-corrected chi connectivity index (χ1v) is 10.6. The topological polar surface area (TPSA) is 78.9 Å². The number of benzene rings is 1. The SMILES string of the molecule is CN=C(NCc1ccc(C(=O)N(C)C)cc1)NCc1ccnc(OC(C)CC(C)C)c1. The van der Waals surface area contributed by atoms with E-state index in [4.69, 9.17) is 4.74 Å². The zero-order chi connectivity index (χ0) is 22.8. The summed E-state index contributed by atoms with van der Waals surface area (Å²) in [6.45, 7) is 7.65. The van der Waals surface area contributed by atoms with E-state index < -0.39 is 0 Å². The minimum absolute atomic E-state index is 0.00344. The third-order valence-corrected chi connectivity index (χ3v) is 4.68. The second-order valence-corrected chi connectivity index (χ2v) is 8.24. The highest BCUT2D eigenvalue weighted by atomic mass is 16.5. The summed E-state index contributed by atoms with van der Waals surface area (Å²) in [4.78, 5) is 22.1. The molecule has 7 heteroatoms. The van der Waals surface area contributed by atoms with Crippen LogP contribution in [0.5, 0.6) is 5.88 Å². The normalized spacial score (nSPS) is 12.4. The number of carbonyl (C=O) groups is 1. The first-order valence-electron chi connectivity index (χ1n) is 10.6. The van der Waals surface area contributed by atoms with E-state index in [-0.39, 0.29) is 12.0 Å². The van der Waals surface area contributed by atoms with Gasteiger partial charge in [-0.15, -0.1) is 0 Å². The largest absolute Gasteiger partial charge is 0.475 e. The predicted molar refractivity (Wildman–Crippen MR) is 125 cm³/mol. The van der Waals surface area contributed by atoms with Gasteiger partial charge in [-0.05, 0) is 48.6 Å². The molecule has 168 valence electrons. The maximum Gasteiger partial charge on any atom is 0.253 e. The molecule has 7 nitrogen and oxygen atoms in total. The lowest BCUT2D eigenvalue weighted by molar-refractivity contribution is 0.0827. The van der Waals surface area contributed by atoms with E-state index in [0.29, 0.717) is 36.4 Å². The molecule has 31 heavy (non-hydrogen) atoms. The Morgan fingerprint density at radius 1 is 1.06 bits per heavy atom. The summed E-state index contributed by atoms with van der Waals surface area (Å²) in [5, 5.41) is 6.60. The monoisotopic (exact) mass is 425 g/mol. The minimum Gasteiger partial charge on any atom is -0.475 e. The lowest BCUT2D eigenvalue weighted by Crippen LogP contribution is -2.36. The van der Waals surface area contributed by atoms with Gasteiger partial charge in [-0.2, -0.15) is 0 Å². The van der Waals surface area contributed by atoms with Crippen molar-refractivity contribution in [3.8, 4) is 5.88 Å². The van der Waals surface area contributed by atoms with Crippen LogP contribution in [0.15, 0.2) is 47.6 Å². The van der Waals surface area contributed by atoms with Crippen molar-refractivity contribution in [2.45, 2.75) is 46.4 Å². The molecular weight excluding hydrogens is 390 g/mol. The number of hydrogen-bond acceptors (Lipinski definition) is 4. The standard InChI is InChI=1S/C24H35N5O2/c1-17(2)13-18(3)31-22-14-20(11-12-26-22)16-28-24(25-4)27-15-19-7-9-21(10-8-19)23(30)29(5)6/h7-12,14,17-18H,13,15-16H2,1-6H3,(H2,25,27,28). The molecular formula is C24H35N5O2. The van der Waals surface area contributed by atoms with Crippen molar-refractivity contribution in [2.75, 3.05) is 21.1 Å². The molecule has 0 aliphatic heterocycles. The molecule has 0 spiro atoms. The Morgan fingerprint density at radius 3 is 2.29 bits per heavy atom. The predicted octanol–water partition coefficient (Wildman–Crippen LogP) is 3.46. The first-order chi connectivity index (χ1) is 14.8. The average Bonchev–Trinajstić information content (AvgIpc) is 2.73. The molecule has 1 aromatic heterocycles. The van der Waals surface area contributed by atoms with Crippen LogP contribution in [0.4, 0.5) is 0 Å². The summed E-state index contributed by atoms with van der Waals surface area (Å²) in [5.74, 6) is 1.92. The van der Waals surface area contributed by atoms with Crippen molar-refractivity contribution in [1.82, 2.24) is 20.5 Å². The van der Waals surface area contributed by atoms with Gasteiger partial charge in [0.1, 0.15) is 0 Å². The number of carbonyl (C=O) groups excluding carboxylic acids is 1. The number of nitrogens with zero attached hydrogens (tertiary/aromatic N) is 3. The van der Waals surface area contributed by atoms with Crippen LogP contribution in [0.25, 0.3) is 0 Å². The van der Waals surface area contributed by atoms with Gasteiger partial charge < -0.3 is 20.3 Å². The Morgan fingerprint density at radius 2 is 1.71 bits per heavy atom. The number of aromatic nitrogens is 1. The summed E-state index contributed by atoms with van der Waals surface area (Å²) in [6.07, 6.45) is 2.89. The summed E-state index contributed by atoms with van der Waals surface area (Å²) in [5.41, 5.74) is 2.81. The van der Waals surface area contributed by atoms with E-state index in [1.54, 1.807) is 32.2 Å². The fraction of sp³-hybridized carbons (Fsp3) is 0.458. The van der Waals surface area contributed by atoms with Crippen LogP contribution in [0.2, 0.25) is 0 Å². The average molecular weight is 426 g/mol. The Kier molecular flexibility index (Phi) is 9.31. The van der Waals surface area contributed by atoms with Crippen LogP contribution in [0.1, 0.15) is 48.7 Å². The Labute approximate surface area is 185 Å². The number of guanidine groups is 1. The molecule has 2 N–H and O–H groups in total. The maximum atomic E-state index is 12.0. The van der Waals surface area contributed by atoms with Crippen molar-refractivity contribution in [2.24, 2.45) is 10.9 Å². The molecule has 0 fully saturated rings. The second kappa shape index (κ2) is 11.9. The highest BCUT2D eigenvalue weighted by molar-refractivity contribution is 5.93. The molecule has 1 heterocycles. The number of ether oxygens (including phenoxy) is 1. The fourth-order valence-corrected chi connectivity index (χ4v) is 3.16. The molecule has 2 aromatic rings. The number of aliphatic imine (C=N–C) groups is 1. The van der Waals surface area contributed by atoms with Gasteiger partial charge in [0.2, 0.25) is 5.88 Å². The van der Waals surface area contributed by atoms with E-state index in [1.165, 1.54) is 0 Å². The molecule has 2 rings (SSSR count). The third-order valence-electron chi connectivity index (χ3n) is 4.68. The maximum absolute atomic E-state index is 12.0. The third kappa shape index (κ3) is 8.28. The first kappa shape index (κ1) is 24.2. The van der Waals surface area contributed by atoms with E-state index in [0.717, 1.165) is 17.5 Å². The van der Waals surface area contributed by atoms with E-state index >= 15 is 0 Å². The van der Waals surface area contributed by atoms with Crippen molar-refractivity contribution >= 4 is 11.9 Å². The lowest BCUT2D eigenvalue weighted by Gasteiger charge is -2.16. The molecule has 0 saturated heterocycles. The molecule has 1 unspecified atom stereocenters. The quantitative estimate of drug-likeness (QED) is 0.475.